The fraction of sp³-hybridized carbons (Fsp3) is 0.357. The lowest BCUT2D eigenvalue weighted by Crippen LogP contribution is -2.45. The van der Waals surface area contributed by atoms with Crippen molar-refractivity contribution >= 4 is 44.3 Å². The number of methoxy groups -OCH3 is 1. The molecule has 1 aliphatic heterocycles. The van der Waals surface area contributed by atoms with Gasteiger partial charge in [0, 0.05) is 44.6 Å². The standard InChI is InChI=1S/C26H30N2O3S.C2H2O4/c1-17-13-18(26-14-21-23(30-2)6-4-8-25(21)32-26)10-12-28(17)15-19(29)16-31-24-7-3-5-22-20(24)9-11-27-22;3-1(4)2(5)6/h3-9,11,14,17-19,27,29H,10,12-13,15-16H2,1-2H3;(H,3,4)(H,5,6)/t17-,18+,19+;/m1./s1. The van der Waals surface area contributed by atoms with Crippen LogP contribution in [0, 0.1) is 0 Å². The molecular formula is C28H32N2O7S. The van der Waals surface area contributed by atoms with Gasteiger partial charge in [-0.05, 0) is 68.6 Å². The van der Waals surface area contributed by atoms with Crippen LogP contribution in [0.4, 0.5) is 0 Å². The number of nitrogens with zero attached hydrogens (tertiary/aromatic N) is 1. The Labute approximate surface area is 224 Å². The van der Waals surface area contributed by atoms with Gasteiger partial charge < -0.3 is 29.8 Å². The molecule has 5 rings (SSSR count). The normalized spacial score (nSPS) is 18.5. The van der Waals surface area contributed by atoms with E-state index in [9.17, 15) is 5.11 Å². The molecule has 9 nitrogen and oxygen atoms in total. The van der Waals surface area contributed by atoms with Crippen LogP contribution in [0.1, 0.15) is 30.6 Å². The van der Waals surface area contributed by atoms with E-state index in [1.807, 2.05) is 47.9 Å². The van der Waals surface area contributed by atoms with Crippen LogP contribution in [0.3, 0.4) is 0 Å². The number of hydrogen-bond acceptors (Lipinski definition) is 7. The summed E-state index contributed by atoms with van der Waals surface area (Å²) in [7, 11) is 1.74. The van der Waals surface area contributed by atoms with Crippen LogP contribution in [-0.4, -0.2) is 76.1 Å². The van der Waals surface area contributed by atoms with Crippen LogP contribution in [0.15, 0.2) is 54.7 Å². The van der Waals surface area contributed by atoms with Crippen molar-refractivity contribution in [3.8, 4) is 11.5 Å². The smallest absolute Gasteiger partial charge is 0.414 e. The molecule has 1 aliphatic rings. The van der Waals surface area contributed by atoms with E-state index in [1.54, 1.807) is 7.11 Å². The van der Waals surface area contributed by atoms with Crippen molar-refractivity contribution in [3.05, 3.63) is 59.6 Å². The van der Waals surface area contributed by atoms with Gasteiger partial charge in [0.1, 0.15) is 24.2 Å². The molecule has 0 unspecified atom stereocenters. The van der Waals surface area contributed by atoms with Gasteiger partial charge in [-0.1, -0.05) is 12.1 Å². The number of rotatable bonds is 7. The fourth-order valence-electron chi connectivity index (χ4n) is 4.88. The lowest BCUT2D eigenvalue weighted by Gasteiger charge is -2.38. The number of H-pyrrole nitrogens is 1. The molecule has 2 aromatic carbocycles. The highest BCUT2D eigenvalue weighted by atomic mass is 32.1. The number of benzene rings is 2. The molecule has 3 atom stereocenters. The van der Waals surface area contributed by atoms with Crippen LogP contribution in [0.2, 0.25) is 0 Å². The molecule has 0 amide bonds. The number of carbonyl (C=O) groups is 2. The molecule has 0 aliphatic carbocycles. The lowest BCUT2D eigenvalue weighted by atomic mass is 9.90. The van der Waals surface area contributed by atoms with Gasteiger partial charge in [-0.15, -0.1) is 11.3 Å². The molecule has 38 heavy (non-hydrogen) atoms. The van der Waals surface area contributed by atoms with Gasteiger partial charge >= 0.3 is 11.9 Å². The minimum Gasteiger partial charge on any atom is -0.496 e. The second-order valence-electron chi connectivity index (χ2n) is 9.36. The van der Waals surface area contributed by atoms with Crippen molar-refractivity contribution in [2.75, 3.05) is 26.8 Å². The summed E-state index contributed by atoms with van der Waals surface area (Å²) in [5.41, 5.74) is 1.05. The molecule has 202 valence electrons. The number of piperidine rings is 1. The Hall–Kier alpha value is -3.60. The molecule has 10 heteroatoms. The molecule has 0 saturated carbocycles. The van der Waals surface area contributed by atoms with E-state index in [1.165, 1.54) is 15.0 Å². The summed E-state index contributed by atoms with van der Waals surface area (Å²) in [6.45, 7) is 4.19. The van der Waals surface area contributed by atoms with Gasteiger partial charge in [0.2, 0.25) is 0 Å². The highest BCUT2D eigenvalue weighted by Gasteiger charge is 2.29. The maximum Gasteiger partial charge on any atom is 0.414 e. The van der Waals surface area contributed by atoms with Crippen molar-refractivity contribution in [1.82, 2.24) is 9.88 Å². The molecule has 4 aromatic rings. The summed E-state index contributed by atoms with van der Waals surface area (Å²) in [6, 6.07) is 17.0. The Morgan fingerprint density at radius 1 is 1.11 bits per heavy atom. The van der Waals surface area contributed by atoms with Gasteiger partial charge in [-0.2, -0.15) is 0 Å². The maximum absolute atomic E-state index is 10.7. The van der Waals surface area contributed by atoms with Gasteiger partial charge in [-0.3, -0.25) is 4.90 Å². The number of fused-ring (bicyclic) bond motifs is 2. The topological polar surface area (TPSA) is 132 Å². The molecule has 0 radical (unpaired) electrons. The Morgan fingerprint density at radius 3 is 2.55 bits per heavy atom. The number of thiophene rings is 1. The van der Waals surface area contributed by atoms with E-state index in [2.05, 4.69) is 35.0 Å². The van der Waals surface area contributed by atoms with Crippen LogP contribution < -0.4 is 9.47 Å². The number of aliphatic hydroxyl groups is 1. The quantitative estimate of drug-likeness (QED) is 0.251. The Balaban J connectivity index is 0.000000505. The largest absolute Gasteiger partial charge is 0.496 e. The molecular weight excluding hydrogens is 508 g/mol. The van der Waals surface area contributed by atoms with E-state index in [0.717, 1.165) is 41.8 Å². The number of carboxylic acid groups (broad SMARTS) is 2. The first-order valence-electron chi connectivity index (χ1n) is 12.4. The first kappa shape index (κ1) is 27.4. The molecule has 4 N–H and O–H groups in total. The van der Waals surface area contributed by atoms with Crippen LogP contribution in [-0.2, 0) is 9.59 Å². The summed E-state index contributed by atoms with van der Waals surface area (Å²) < 4.78 is 12.8. The summed E-state index contributed by atoms with van der Waals surface area (Å²) in [4.78, 5) is 25.2. The average molecular weight is 541 g/mol. The molecule has 0 bridgehead atoms. The first-order chi connectivity index (χ1) is 18.3. The van der Waals surface area contributed by atoms with Crippen molar-refractivity contribution in [2.24, 2.45) is 0 Å². The summed E-state index contributed by atoms with van der Waals surface area (Å²) in [5.74, 6) is -1.32. The number of β-amino-alcohol motifs (C(OH)–C–C–N with tert-alkyl or cyclic N) is 1. The van der Waals surface area contributed by atoms with E-state index in [0.29, 0.717) is 25.1 Å². The molecule has 1 fully saturated rings. The minimum atomic E-state index is -1.82. The predicted octanol–water partition coefficient (Wildman–Crippen LogP) is 4.55. The summed E-state index contributed by atoms with van der Waals surface area (Å²) in [6.07, 6.45) is 3.60. The van der Waals surface area contributed by atoms with Crippen molar-refractivity contribution in [3.63, 3.8) is 0 Å². The Kier molecular flexibility index (Phi) is 8.88. The van der Waals surface area contributed by atoms with Crippen LogP contribution in [0.5, 0.6) is 11.5 Å². The minimum absolute atomic E-state index is 0.299. The van der Waals surface area contributed by atoms with Crippen LogP contribution >= 0.6 is 11.3 Å². The maximum atomic E-state index is 10.7. The first-order valence-corrected chi connectivity index (χ1v) is 13.2. The van der Waals surface area contributed by atoms with Gasteiger partial charge in [0.25, 0.3) is 0 Å². The van der Waals surface area contributed by atoms with E-state index < -0.39 is 18.0 Å². The number of nitrogens with one attached hydrogen (secondary N) is 1. The van der Waals surface area contributed by atoms with Crippen molar-refractivity contribution in [1.29, 1.82) is 0 Å². The number of aliphatic carboxylic acids is 2. The lowest BCUT2D eigenvalue weighted by molar-refractivity contribution is -0.159. The highest BCUT2D eigenvalue weighted by molar-refractivity contribution is 7.19. The second kappa shape index (κ2) is 12.3. The van der Waals surface area contributed by atoms with Gasteiger partial charge in [0.15, 0.2) is 0 Å². The number of carboxylic acids is 2. The highest BCUT2D eigenvalue weighted by Crippen LogP contribution is 2.40. The Bertz CT molecular complexity index is 1390. The number of aromatic amines is 1. The van der Waals surface area contributed by atoms with Crippen LogP contribution in [0.25, 0.3) is 21.0 Å². The number of hydrogen-bond donors (Lipinski definition) is 4. The third kappa shape index (κ3) is 6.45. The molecule has 1 saturated heterocycles. The zero-order valence-electron chi connectivity index (χ0n) is 21.3. The second-order valence-corrected chi connectivity index (χ2v) is 10.5. The predicted molar refractivity (Wildman–Crippen MR) is 146 cm³/mol. The third-order valence-corrected chi connectivity index (χ3v) is 8.05. The zero-order valence-corrected chi connectivity index (χ0v) is 22.1. The monoisotopic (exact) mass is 540 g/mol. The number of likely N-dealkylation sites (tertiary alicyclic amines) is 1. The third-order valence-electron chi connectivity index (χ3n) is 6.79. The Morgan fingerprint density at radius 2 is 1.84 bits per heavy atom. The van der Waals surface area contributed by atoms with Crippen molar-refractivity contribution < 1.29 is 34.4 Å². The molecule has 3 heterocycles. The fourth-order valence-corrected chi connectivity index (χ4v) is 6.10. The average Bonchev–Trinajstić information content (AvgIpc) is 3.56. The van der Waals surface area contributed by atoms with Crippen molar-refractivity contribution in [2.45, 2.75) is 37.8 Å². The van der Waals surface area contributed by atoms with E-state index in [4.69, 9.17) is 29.3 Å². The summed E-state index contributed by atoms with van der Waals surface area (Å²) >= 11 is 1.89. The van der Waals surface area contributed by atoms with Gasteiger partial charge in [-0.25, -0.2) is 9.59 Å². The van der Waals surface area contributed by atoms with Gasteiger partial charge in [0.05, 0.1) is 7.11 Å². The number of aliphatic hydroxyl groups excluding tert-OH is 1. The number of aromatic nitrogens is 1. The molecule has 0 spiro atoms. The van der Waals surface area contributed by atoms with E-state index in [-0.39, 0.29) is 0 Å². The SMILES string of the molecule is COc1cccc2sc([C@H]3CCN(C[C@H](O)COc4cccc5[nH]ccc45)[C@H](C)C3)cc12.O=C(O)C(=O)O. The number of ether oxygens (including phenoxy) is 2. The summed E-state index contributed by atoms with van der Waals surface area (Å²) in [5, 5.41) is 27.7. The molecule has 2 aromatic heterocycles. The zero-order chi connectivity index (χ0) is 27.2. The van der Waals surface area contributed by atoms with E-state index >= 15 is 0 Å².